The molecule has 3 aromatic carbocycles. The fourth-order valence-corrected chi connectivity index (χ4v) is 5.07. The van der Waals surface area contributed by atoms with Crippen molar-refractivity contribution in [2.24, 2.45) is 0 Å². The molecule has 0 bridgehead atoms. The summed E-state index contributed by atoms with van der Waals surface area (Å²) in [5.41, 5.74) is 7.45. The summed E-state index contributed by atoms with van der Waals surface area (Å²) in [4.78, 5) is 50.8. The van der Waals surface area contributed by atoms with Crippen LogP contribution in [0.5, 0.6) is 0 Å². The Balaban J connectivity index is 1.39. The molecule has 0 aliphatic carbocycles. The van der Waals surface area contributed by atoms with Gasteiger partial charge in [0.1, 0.15) is 23.9 Å². The first-order valence-electron chi connectivity index (χ1n) is 13.5. The van der Waals surface area contributed by atoms with Gasteiger partial charge in [0.15, 0.2) is 29.0 Å². The van der Waals surface area contributed by atoms with E-state index in [1.807, 2.05) is 0 Å². The number of carbonyl (C=O) groups excluding carboxylic acids is 3. The van der Waals surface area contributed by atoms with E-state index in [1.165, 1.54) is 10.9 Å². The number of H-pyrrole nitrogens is 1. The number of esters is 3. The van der Waals surface area contributed by atoms with Crippen LogP contribution >= 0.6 is 12.2 Å². The molecule has 0 unspecified atom stereocenters. The van der Waals surface area contributed by atoms with Crippen LogP contribution in [-0.2, 0) is 18.9 Å². The summed E-state index contributed by atoms with van der Waals surface area (Å²) in [6.45, 7) is -0.331. The molecular formula is C31H25N5O7S. The molecule has 0 radical (unpaired) electrons. The smallest absolute Gasteiger partial charge is 0.338 e. The Kier molecular flexibility index (Phi) is 8.12. The number of nitrogens with one attached hydrogen (secondary N) is 1. The SMILES string of the molecule is Nc1nc(=S)c2ncn([C@@H]3O[C@@H](COC(=O)c4ccccc4)[C@H](OC(=O)c4ccccc4)[C@@H]3OC(=O)c3ccccc3)c2[nH]1. The first kappa shape index (κ1) is 28.7. The van der Waals surface area contributed by atoms with E-state index in [-0.39, 0.29) is 28.3 Å². The molecule has 1 aliphatic heterocycles. The number of nitrogens with two attached hydrogens (primary N) is 1. The number of nitrogens with zero attached hydrogens (tertiary/aromatic N) is 3. The largest absolute Gasteiger partial charge is 0.459 e. The predicted octanol–water partition coefficient (Wildman–Crippen LogP) is 4.28. The van der Waals surface area contributed by atoms with Crippen molar-refractivity contribution in [3.05, 3.63) is 119 Å². The van der Waals surface area contributed by atoms with Gasteiger partial charge in [0.05, 0.1) is 23.0 Å². The third kappa shape index (κ3) is 5.91. The maximum absolute atomic E-state index is 13.4. The molecule has 5 aromatic rings. The van der Waals surface area contributed by atoms with E-state index in [9.17, 15) is 14.4 Å². The van der Waals surface area contributed by atoms with Gasteiger partial charge in [-0.2, -0.15) is 0 Å². The second-order valence-electron chi connectivity index (χ2n) is 9.78. The van der Waals surface area contributed by atoms with Crippen molar-refractivity contribution >= 4 is 47.2 Å². The van der Waals surface area contributed by atoms with Gasteiger partial charge in [0.25, 0.3) is 0 Å². The van der Waals surface area contributed by atoms with Gasteiger partial charge in [-0.05, 0) is 36.4 Å². The molecule has 0 spiro atoms. The van der Waals surface area contributed by atoms with Crippen molar-refractivity contribution in [1.29, 1.82) is 0 Å². The minimum absolute atomic E-state index is 0.0282. The maximum atomic E-state index is 13.4. The average molecular weight is 612 g/mol. The summed E-state index contributed by atoms with van der Waals surface area (Å²) in [5.74, 6) is -1.96. The highest BCUT2D eigenvalue weighted by Gasteiger charge is 2.51. The Morgan fingerprint density at radius 2 is 1.34 bits per heavy atom. The van der Waals surface area contributed by atoms with Crippen LogP contribution in [0.1, 0.15) is 37.3 Å². The number of aromatic nitrogens is 4. The van der Waals surface area contributed by atoms with Gasteiger partial charge in [-0.25, -0.2) is 24.4 Å². The van der Waals surface area contributed by atoms with Crippen LogP contribution in [0.2, 0.25) is 0 Å². The van der Waals surface area contributed by atoms with Gasteiger partial charge in [-0.1, -0.05) is 66.8 Å². The van der Waals surface area contributed by atoms with Crippen molar-refractivity contribution in [1.82, 2.24) is 19.5 Å². The van der Waals surface area contributed by atoms with E-state index < -0.39 is 42.4 Å². The van der Waals surface area contributed by atoms with Crippen molar-refractivity contribution in [3.8, 4) is 0 Å². The number of aromatic amines is 1. The zero-order chi connectivity index (χ0) is 30.6. The number of hydrogen-bond acceptors (Lipinski definition) is 11. The number of imidazole rings is 1. The molecule has 222 valence electrons. The second-order valence-corrected chi connectivity index (χ2v) is 10.2. The Morgan fingerprint density at radius 3 is 1.91 bits per heavy atom. The van der Waals surface area contributed by atoms with Gasteiger partial charge in [0.2, 0.25) is 0 Å². The highest BCUT2D eigenvalue weighted by molar-refractivity contribution is 7.71. The Labute approximate surface area is 255 Å². The van der Waals surface area contributed by atoms with E-state index in [0.29, 0.717) is 16.7 Å². The van der Waals surface area contributed by atoms with Crippen LogP contribution in [0.4, 0.5) is 5.95 Å². The molecule has 12 nitrogen and oxygen atoms in total. The third-order valence-corrected chi connectivity index (χ3v) is 7.20. The van der Waals surface area contributed by atoms with E-state index in [0.717, 1.165) is 0 Å². The van der Waals surface area contributed by atoms with Gasteiger partial charge >= 0.3 is 17.9 Å². The fraction of sp³-hybridized carbons (Fsp3) is 0.161. The lowest BCUT2D eigenvalue weighted by molar-refractivity contribution is -0.0606. The Bertz CT molecular complexity index is 1860. The molecule has 44 heavy (non-hydrogen) atoms. The van der Waals surface area contributed by atoms with Crippen LogP contribution in [0.25, 0.3) is 11.2 Å². The summed E-state index contributed by atoms with van der Waals surface area (Å²) < 4.78 is 25.6. The molecule has 13 heteroatoms. The highest BCUT2D eigenvalue weighted by atomic mass is 32.1. The molecule has 1 aliphatic rings. The first-order chi connectivity index (χ1) is 21.4. The van der Waals surface area contributed by atoms with Crippen LogP contribution in [0, 0.1) is 4.64 Å². The molecule has 0 saturated carbocycles. The Morgan fingerprint density at radius 1 is 0.818 bits per heavy atom. The monoisotopic (exact) mass is 611 g/mol. The van der Waals surface area contributed by atoms with Gasteiger partial charge in [-0.15, -0.1) is 0 Å². The third-order valence-electron chi connectivity index (χ3n) is 6.92. The van der Waals surface area contributed by atoms with Crippen molar-refractivity contribution < 1.29 is 33.3 Å². The zero-order valence-electron chi connectivity index (χ0n) is 22.9. The van der Waals surface area contributed by atoms with E-state index in [2.05, 4.69) is 15.0 Å². The molecule has 4 atom stereocenters. The van der Waals surface area contributed by atoms with Crippen LogP contribution < -0.4 is 5.73 Å². The second kappa shape index (κ2) is 12.5. The van der Waals surface area contributed by atoms with Crippen molar-refractivity contribution in [3.63, 3.8) is 0 Å². The van der Waals surface area contributed by atoms with E-state index in [1.54, 1.807) is 91.0 Å². The zero-order valence-corrected chi connectivity index (χ0v) is 23.8. The molecule has 3 N–H and O–H groups in total. The van der Waals surface area contributed by atoms with Crippen LogP contribution in [0.3, 0.4) is 0 Å². The number of benzene rings is 3. The lowest BCUT2D eigenvalue weighted by Gasteiger charge is -2.25. The fourth-order valence-electron chi connectivity index (χ4n) is 4.83. The normalized spacial score (nSPS) is 19.4. The van der Waals surface area contributed by atoms with Crippen molar-refractivity contribution in [2.75, 3.05) is 12.3 Å². The first-order valence-corrected chi connectivity index (χ1v) is 13.9. The molecule has 1 saturated heterocycles. The van der Waals surface area contributed by atoms with Gasteiger partial charge in [-0.3, -0.25) is 4.57 Å². The number of fused-ring (bicyclic) bond motifs is 1. The molecule has 1 fully saturated rings. The minimum Gasteiger partial charge on any atom is -0.459 e. The standard InChI is InChI=1S/C31H25N5O7S/c32-31-34-25-22(26(44)35-31)33-17-36(25)27-24(43-30(39)20-14-8-3-9-15-20)23(42-29(38)19-12-6-2-7-13-19)21(41-27)16-40-28(37)18-10-4-1-5-11-18/h1-15,17,21,23-24,27H,16H2,(H3,32,34,35,44)/t21-,23-,24-,27+/m0/s1. The van der Waals surface area contributed by atoms with Gasteiger partial charge < -0.3 is 29.7 Å². The number of anilines is 1. The minimum atomic E-state index is -1.23. The number of rotatable bonds is 8. The summed E-state index contributed by atoms with van der Waals surface area (Å²) in [6, 6.07) is 25.0. The molecular weight excluding hydrogens is 586 g/mol. The highest BCUT2D eigenvalue weighted by Crippen LogP contribution is 2.37. The molecule has 6 rings (SSSR count). The van der Waals surface area contributed by atoms with Crippen molar-refractivity contribution in [2.45, 2.75) is 24.5 Å². The lowest BCUT2D eigenvalue weighted by atomic mass is 10.1. The quantitative estimate of drug-likeness (QED) is 0.146. The molecule has 2 aromatic heterocycles. The number of hydrogen-bond donors (Lipinski definition) is 2. The summed E-state index contributed by atoms with van der Waals surface area (Å²) >= 11 is 5.33. The van der Waals surface area contributed by atoms with E-state index in [4.69, 9.17) is 36.9 Å². The van der Waals surface area contributed by atoms with Crippen LogP contribution in [-0.4, -0.2) is 62.3 Å². The molecule has 0 amide bonds. The summed E-state index contributed by atoms with van der Waals surface area (Å²) in [7, 11) is 0. The maximum Gasteiger partial charge on any atom is 0.338 e. The topological polar surface area (TPSA) is 161 Å². The van der Waals surface area contributed by atoms with E-state index >= 15 is 0 Å². The van der Waals surface area contributed by atoms with Crippen LogP contribution in [0.15, 0.2) is 97.3 Å². The summed E-state index contributed by atoms with van der Waals surface area (Å²) in [5, 5.41) is 0. The summed E-state index contributed by atoms with van der Waals surface area (Å²) in [6.07, 6.45) is -3.21. The van der Waals surface area contributed by atoms with Gasteiger partial charge in [0, 0.05) is 0 Å². The predicted molar refractivity (Wildman–Crippen MR) is 159 cm³/mol. The Hall–Kier alpha value is -5.40. The number of carbonyl (C=O) groups is 3. The molecule has 3 heterocycles. The number of nitrogen functional groups attached to an aromatic ring is 1. The number of ether oxygens (including phenoxy) is 4. The average Bonchev–Trinajstić information content (AvgIpc) is 3.62. The lowest BCUT2D eigenvalue weighted by Crippen LogP contribution is -2.41.